The summed E-state index contributed by atoms with van der Waals surface area (Å²) in [5.74, 6) is -0.344. The number of carbonyl (C=O) groups is 3. The fraction of sp³-hybridized carbons (Fsp3) is 0.389. The van der Waals surface area contributed by atoms with Crippen LogP contribution in [0.5, 0.6) is 0 Å². The fourth-order valence-electron chi connectivity index (χ4n) is 2.74. The molecule has 0 spiro atoms. The summed E-state index contributed by atoms with van der Waals surface area (Å²) >= 11 is 0. The molecular formula is C18H23N3O3. The lowest BCUT2D eigenvalue weighted by molar-refractivity contribution is -0.141. The van der Waals surface area contributed by atoms with Crippen molar-refractivity contribution in [2.24, 2.45) is 5.92 Å². The molecule has 2 rings (SSSR count). The molecule has 1 fully saturated rings. The van der Waals surface area contributed by atoms with E-state index in [-0.39, 0.29) is 23.6 Å². The van der Waals surface area contributed by atoms with Crippen molar-refractivity contribution in [1.82, 2.24) is 10.2 Å². The summed E-state index contributed by atoms with van der Waals surface area (Å²) in [7, 11) is 0. The molecule has 1 atom stereocenters. The van der Waals surface area contributed by atoms with Crippen molar-refractivity contribution in [3.05, 3.63) is 35.9 Å². The van der Waals surface area contributed by atoms with E-state index < -0.39 is 6.04 Å². The Morgan fingerprint density at radius 2 is 1.96 bits per heavy atom. The van der Waals surface area contributed by atoms with Gasteiger partial charge in [0.2, 0.25) is 17.7 Å². The molecule has 1 saturated heterocycles. The van der Waals surface area contributed by atoms with Crippen LogP contribution in [-0.4, -0.2) is 41.8 Å². The number of hydrogen-bond donors (Lipinski definition) is 2. The number of rotatable bonds is 4. The predicted molar refractivity (Wildman–Crippen MR) is 93.1 cm³/mol. The van der Waals surface area contributed by atoms with Gasteiger partial charge in [0.05, 0.1) is 0 Å². The Hall–Kier alpha value is -2.63. The summed E-state index contributed by atoms with van der Waals surface area (Å²) in [4.78, 5) is 37.0. The molecule has 0 aliphatic carbocycles. The van der Waals surface area contributed by atoms with Gasteiger partial charge < -0.3 is 15.5 Å². The lowest BCUT2D eigenvalue weighted by Gasteiger charge is -2.36. The van der Waals surface area contributed by atoms with E-state index in [4.69, 9.17) is 0 Å². The predicted octanol–water partition coefficient (Wildman–Crippen LogP) is 1.64. The van der Waals surface area contributed by atoms with E-state index in [9.17, 15) is 14.4 Å². The van der Waals surface area contributed by atoms with Crippen LogP contribution in [0.3, 0.4) is 0 Å². The van der Waals surface area contributed by atoms with Gasteiger partial charge in [0, 0.05) is 31.8 Å². The SMILES string of the molecule is CC(=O)Nc1ccc(/C=C/C(=O)N2CCNC(=O)[C@H]2C(C)C)cc1. The summed E-state index contributed by atoms with van der Waals surface area (Å²) in [5.41, 5.74) is 1.55. The second kappa shape index (κ2) is 7.77. The molecule has 0 unspecified atom stereocenters. The summed E-state index contributed by atoms with van der Waals surface area (Å²) < 4.78 is 0. The largest absolute Gasteiger partial charge is 0.353 e. The van der Waals surface area contributed by atoms with E-state index in [0.29, 0.717) is 18.8 Å². The highest BCUT2D eigenvalue weighted by Crippen LogP contribution is 2.16. The Morgan fingerprint density at radius 3 is 2.54 bits per heavy atom. The molecule has 1 aliphatic rings. The Labute approximate surface area is 141 Å². The Balaban J connectivity index is 2.06. The van der Waals surface area contributed by atoms with Crippen molar-refractivity contribution in [2.45, 2.75) is 26.8 Å². The normalized spacial score (nSPS) is 17.9. The van der Waals surface area contributed by atoms with E-state index in [0.717, 1.165) is 5.56 Å². The number of benzene rings is 1. The monoisotopic (exact) mass is 329 g/mol. The van der Waals surface area contributed by atoms with Crippen LogP contribution in [0.4, 0.5) is 5.69 Å². The van der Waals surface area contributed by atoms with E-state index >= 15 is 0 Å². The van der Waals surface area contributed by atoms with Crippen LogP contribution in [0.2, 0.25) is 0 Å². The Kier molecular flexibility index (Phi) is 5.73. The first-order chi connectivity index (χ1) is 11.4. The number of piperazine rings is 1. The number of amides is 3. The van der Waals surface area contributed by atoms with Gasteiger partial charge in [-0.15, -0.1) is 0 Å². The van der Waals surface area contributed by atoms with Gasteiger partial charge in [-0.25, -0.2) is 0 Å². The standard InChI is InChI=1S/C18H23N3O3/c1-12(2)17-18(24)19-10-11-21(17)16(23)9-6-14-4-7-15(8-5-14)20-13(3)22/h4-9,12,17H,10-11H2,1-3H3,(H,19,24)(H,20,22)/b9-6+/t17-/m1/s1. The van der Waals surface area contributed by atoms with Crippen molar-refractivity contribution in [1.29, 1.82) is 0 Å². The minimum Gasteiger partial charge on any atom is -0.353 e. The molecule has 0 radical (unpaired) electrons. The third-order valence-corrected chi connectivity index (χ3v) is 3.82. The van der Waals surface area contributed by atoms with Gasteiger partial charge in [0.1, 0.15) is 6.04 Å². The minimum absolute atomic E-state index is 0.0552. The van der Waals surface area contributed by atoms with Gasteiger partial charge in [-0.2, -0.15) is 0 Å². The fourth-order valence-corrected chi connectivity index (χ4v) is 2.74. The molecule has 128 valence electrons. The van der Waals surface area contributed by atoms with Crippen molar-refractivity contribution < 1.29 is 14.4 Å². The smallest absolute Gasteiger partial charge is 0.247 e. The van der Waals surface area contributed by atoms with Crippen molar-refractivity contribution in [3.63, 3.8) is 0 Å². The first-order valence-corrected chi connectivity index (χ1v) is 8.02. The topological polar surface area (TPSA) is 78.5 Å². The third-order valence-electron chi connectivity index (χ3n) is 3.82. The van der Waals surface area contributed by atoms with Gasteiger partial charge in [-0.1, -0.05) is 26.0 Å². The van der Waals surface area contributed by atoms with Crippen LogP contribution >= 0.6 is 0 Å². The average Bonchev–Trinajstić information content (AvgIpc) is 2.52. The summed E-state index contributed by atoms with van der Waals surface area (Å²) in [5, 5.41) is 5.49. The Morgan fingerprint density at radius 1 is 1.29 bits per heavy atom. The van der Waals surface area contributed by atoms with E-state index in [1.165, 1.54) is 13.0 Å². The quantitative estimate of drug-likeness (QED) is 0.824. The first kappa shape index (κ1) is 17.7. The van der Waals surface area contributed by atoms with E-state index in [1.54, 1.807) is 23.1 Å². The van der Waals surface area contributed by atoms with Crippen molar-refractivity contribution in [3.8, 4) is 0 Å². The zero-order chi connectivity index (χ0) is 17.7. The number of anilines is 1. The zero-order valence-corrected chi connectivity index (χ0v) is 14.2. The van der Waals surface area contributed by atoms with Crippen LogP contribution in [-0.2, 0) is 14.4 Å². The molecule has 24 heavy (non-hydrogen) atoms. The summed E-state index contributed by atoms with van der Waals surface area (Å²) in [6.45, 7) is 6.30. The van der Waals surface area contributed by atoms with E-state index in [1.807, 2.05) is 26.0 Å². The maximum absolute atomic E-state index is 12.4. The maximum Gasteiger partial charge on any atom is 0.247 e. The summed E-state index contributed by atoms with van der Waals surface area (Å²) in [6, 6.07) is 6.75. The molecule has 1 heterocycles. The molecule has 3 amide bonds. The number of hydrogen-bond acceptors (Lipinski definition) is 3. The van der Waals surface area contributed by atoms with E-state index in [2.05, 4.69) is 10.6 Å². The van der Waals surface area contributed by atoms with Gasteiger partial charge >= 0.3 is 0 Å². The molecule has 6 nitrogen and oxygen atoms in total. The minimum atomic E-state index is -0.432. The van der Waals surface area contributed by atoms with Crippen LogP contribution in [0.15, 0.2) is 30.3 Å². The maximum atomic E-state index is 12.4. The average molecular weight is 329 g/mol. The van der Waals surface area contributed by atoms with Gasteiger partial charge in [0.25, 0.3) is 0 Å². The number of nitrogens with one attached hydrogen (secondary N) is 2. The van der Waals surface area contributed by atoms with Gasteiger partial charge in [-0.05, 0) is 29.7 Å². The molecule has 0 saturated carbocycles. The highest BCUT2D eigenvalue weighted by molar-refractivity contribution is 5.96. The van der Waals surface area contributed by atoms with Crippen molar-refractivity contribution in [2.75, 3.05) is 18.4 Å². The number of carbonyl (C=O) groups excluding carboxylic acids is 3. The van der Waals surface area contributed by atoms with Crippen LogP contribution < -0.4 is 10.6 Å². The van der Waals surface area contributed by atoms with Gasteiger partial charge in [0.15, 0.2) is 0 Å². The Bertz CT molecular complexity index is 650. The molecule has 6 heteroatoms. The highest BCUT2D eigenvalue weighted by atomic mass is 16.2. The second-order valence-electron chi connectivity index (χ2n) is 6.15. The number of nitrogens with zero attached hydrogens (tertiary/aromatic N) is 1. The van der Waals surface area contributed by atoms with Crippen LogP contribution in [0.25, 0.3) is 6.08 Å². The highest BCUT2D eigenvalue weighted by Gasteiger charge is 2.34. The molecule has 1 aliphatic heterocycles. The summed E-state index contributed by atoms with van der Waals surface area (Å²) in [6.07, 6.45) is 3.20. The molecular weight excluding hydrogens is 306 g/mol. The third kappa shape index (κ3) is 4.44. The molecule has 0 bridgehead atoms. The molecule has 0 aromatic heterocycles. The first-order valence-electron chi connectivity index (χ1n) is 8.02. The zero-order valence-electron chi connectivity index (χ0n) is 14.2. The lowest BCUT2D eigenvalue weighted by Crippen LogP contribution is -2.58. The molecule has 1 aromatic carbocycles. The molecule has 2 N–H and O–H groups in total. The lowest BCUT2D eigenvalue weighted by atomic mass is 9.99. The van der Waals surface area contributed by atoms with Crippen LogP contribution in [0.1, 0.15) is 26.3 Å². The van der Waals surface area contributed by atoms with Gasteiger partial charge in [-0.3, -0.25) is 14.4 Å². The van der Waals surface area contributed by atoms with Crippen LogP contribution in [0, 0.1) is 5.92 Å². The second-order valence-corrected chi connectivity index (χ2v) is 6.15. The van der Waals surface area contributed by atoms with Crippen molar-refractivity contribution >= 4 is 29.5 Å². The molecule has 1 aromatic rings.